The average Bonchev–Trinajstić information content (AvgIpc) is 2.46. The van der Waals surface area contributed by atoms with Crippen molar-refractivity contribution in [2.24, 2.45) is 5.92 Å². The normalized spacial score (nSPS) is 10.4. The molecule has 0 radical (unpaired) electrons. The molecule has 0 aromatic heterocycles. The summed E-state index contributed by atoms with van der Waals surface area (Å²) < 4.78 is 6.46. The second kappa shape index (κ2) is 9.46. The van der Waals surface area contributed by atoms with E-state index in [4.69, 9.17) is 4.74 Å². The number of carbonyl (C=O) groups is 2. The van der Waals surface area contributed by atoms with Gasteiger partial charge in [0.2, 0.25) is 5.91 Å². The zero-order chi connectivity index (χ0) is 16.5. The number of hydrazine groups is 1. The molecule has 1 rings (SSSR count). The maximum Gasteiger partial charge on any atom is 0.273 e. The Morgan fingerprint density at radius 3 is 2.64 bits per heavy atom. The second-order valence-corrected chi connectivity index (χ2v) is 6.34. The van der Waals surface area contributed by atoms with Crippen LogP contribution < -0.4 is 15.6 Å². The van der Waals surface area contributed by atoms with Gasteiger partial charge in [0.25, 0.3) is 5.91 Å². The van der Waals surface area contributed by atoms with Gasteiger partial charge in [-0.3, -0.25) is 20.4 Å². The van der Waals surface area contributed by atoms with Crippen LogP contribution >= 0.6 is 15.9 Å². The van der Waals surface area contributed by atoms with Gasteiger partial charge in [-0.25, -0.2) is 0 Å². The molecule has 2 N–H and O–H groups in total. The van der Waals surface area contributed by atoms with E-state index in [0.29, 0.717) is 30.3 Å². The SMILES string of the molecule is CCCC(=O)NNC(=O)c1cc(Br)ccc1OCCC(C)C. The first-order chi connectivity index (χ1) is 10.4. The first-order valence-corrected chi connectivity index (χ1v) is 8.24. The predicted molar refractivity (Wildman–Crippen MR) is 89.6 cm³/mol. The van der Waals surface area contributed by atoms with Gasteiger partial charge in [0.15, 0.2) is 0 Å². The van der Waals surface area contributed by atoms with E-state index in [1.54, 1.807) is 12.1 Å². The van der Waals surface area contributed by atoms with E-state index in [2.05, 4.69) is 40.6 Å². The summed E-state index contributed by atoms with van der Waals surface area (Å²) in [4.78, 5) is 23.6. The molecule has 122 valence electrons. The summed E-state index contributed by atoms with van der Waals surface area (Å²) in [6.45, 7) is 6.67. The summed E-state index contributed by atoms with van der Waals surface area (Å²) in [5, 5.41) is 0. The molecule has 0 aliphatic carbocycles. The highest BCUT2D eigenvalue weighted by molar-refractivity contribution is 9.10. The minimum absolute atomic E-state index is 0.215. The van der Waals surface area contributed by atoms with E-state index in [1.165, 1.54) is 0 Å². The van der Waals surface area contributed by atoms with Crippen molar-refractivity contribution in [3.8, 4) is 5.75 Å². The molecule has 0 saturated carbocycles. The lowest BCUT2D eigenvalue weighted by Gasteiger charge is -2.13. The largest absolute Gasteiger partial charge is 0.493 e. The fourth-order valence-corrected chi connectivity index (χ4v) is 2.05. The molecule has 1 aromatic rings. The molecule has 0 unspecified atom stereocenters. The molecule has 0 atom stereocenters. The zero-order valence-corrected chi connectivity index (χ0v) is 14.8. The van der Waals surface area contributed by atoms with Crippen molar-refractivity contribution in [3.05, 3.63) is 28.2 Å². The summed E-state index contributed by atoms with van der Waals surface area (Å²) in [5.74, 6) is 0.422. The van der Waals surface area contributed by atoms with E-state index in [1.807, 2.05) is 13.0 Å². The van der Waals surface area contributed by atoms with Crippen LogP contribution in [0.15, 0.2) is 22.7 Å². The van der Waals surface area contributed by atoms with E-state index in [0.717, 1.165) is 17.3 Å². The quantitative estimate of drug-likeness (QED) is 0.722. The number of hydrogen-bond acceptors (Lipinski definition) is 3. The minimum Gasteiger partial charge on any atom is -0.493 e. The highest BCUT2D eigenvalue weighted by Crippen LogP contribution is 2.23. The molecule has 0 heterocycles. The Bertz CT molecular complexity index is 518. The maximum absolute atomic E-state index is 12.2. The Balaban J connectivity index is 2.71. The van der Waals surface area contributed by atoms with Crippen LogP contribution in [0.3, 0.4) is 0 Å². The van der Waals surface area contributed by atoms with Gasteiger partial charge in [0.1, 0.15) is 5.75 Å². The van der Waals surface area contributed by atoms with Crippen LogP contribution in [-0.2, 0) is 4.79 Å². The van der Waals surface area contributed by atoms with Crippen molar-refractivity contribution in [3.63, 3.8) is 0 Å². The molecule has 1 aromatic carbocycles. The second-order valence-electron chi connectivity index (χ2n) is 5.42. The van der Waals surface area contributed by atoms with Gasteiger partial charge in [-0.1, -0.05) is 36.7 Å². The van der Waals surface area contributed by atoms with Crippen molar-refractivity contribution >= 4 is 27.7 Å². The number of benzene rings is 1. The molecule has 0 aliphatic heterocycles. The van der Waals surface area contributed by atoms with Gasteiger partial charge >= 0.3 is 0 Å². The smallest absolute Gasteiger partial charge is 0.273 e. The highest BCUT2D eigenvalue weighted by atomic mass is 79.9. The molecule has 6 heteroatoms. The molecule has 22 heavy (non-hydrogen) atoms. The van der Waals surface area contributed by atoms with Crippen LogP contribution in [0.1, 0.15) is 50.4 Å². The first-order valence-electron chi connectivity index (χ1n) is 7.45. The van der Waals surface area contributed by atoms with Gasteiger partial charge in [0.05, 0.1) is 12.2 Å². The Labute approximate surface area is 139 Å². The van der Waals surface area contributed by atoms with Crippen LogP contribution in [0.4, 0.5) is 0 Å². The summed E-state index contributed by atoms with van der Waals surface area (Å²) in [6.07, 6.45) is 2.00. The van der Waals surface area contributed by atoms with Crippen molar-refractivity contribution in [2.45, 2.75) is 40.0 Å². The van der Waals surface area contributed by atoms with Crippen LogP contribution in [0.25, 0.3) is 0 Å². The molecular formula is C16H23BrN2O3. The first kappa shape index (κ1) is 18.5. The summed E-state index contributed by atoms with van der Waals surface area (Å²) in [6, 6.07) is 5.23. The molecule has 0 aliphatic rings. The van der Waals surface area contributed by atoms with E-state index in [-0.39, 0.29) is 5.91 Å². The van der Waals surface area contributed by atoms with Crippen molar-refractivity contribution in [1.29, 1.82) is 0 Å². The summed E-state index contributed by atoms with van der Waals surface area (Å²) in [5.41, 5.74) is 5.19. The Morgan fingerprint density at radius 1 is 1.27 bits per heavy atom. The van der Waals surface area contributed by atoms with Crippen LogP contribution in [-0.4, -0.2) is 18.4 Å². The average molecular weight is 371 g/mol. The standard InChI is InChI=1S/C16H23BrN2O3/c1-4-5-15(20)18-19-16(21)13-10-12(17)6-7-14(13)22-9-8-11(2)3/h6-7,10-11H,4-5,8-9H2,1-3H3,(H,18,20)(H,19,21). The van der Waals surface area contributed by atoms with Gasteiger partial charge in [-0.05, 0) is 37.0 Å². The molecule has 0 bridgehead atoms. The lowest BCUT2D eigenvalue weighted by atomic mass is 10.1. The lowest BCUT2D eigenvalue weighted by Crippen LogP contribution is -2.41. The molecular weight excluding hydrogens is 348 g/mol. The Hall–Kier alpha value is -1.56. The number of carbonyl (C=O) groups excluding carboxylic acids is 2. The highest BCUT2D eigenvalue weighted by Gasteiger charge is 2.14. The number of nitrogens with one attached hydrogen (secondary N) is 2. The predicted octanol–water partition coefficient (Wildman–Crippen LogP) is 3.44. The zero-order valence-electron chi connectivity index (χ0n) is 13.2. The Kier molecular flexibility index (Phi) is 7.95. The molecule has 0 spiro atoms. The van der Waals surface area contributed by atoms with E-state index >= 15 is 0 Å². The number of halogens is 1. The maximum atomic E-state index is 12.2. The third-order valence-corrected chi connectivity index (χ3v) is 3.42. The van der Waals surface area contributed by atoms with Crippen LogP contribution in [0, 0.1) is 5.92 Å². The summed E-state index contributed by atoms with van der Waals surface area (Å²) >= 11 is 3.34. The van der Waals surface area contributed by atoms with Gasteiger partial charge in [-0.2, -0.15) is 0 Å². The number of rotatable bonds is 7. The van der Waals surface area contributed by atoms with E-state index < -0.39 is 5.91 Å². The third kappa shape index (κ3) is 6.47. The number of hydrogen-bond donors (Lipinski definition) is 2. The topological polar surface area (TPSA) is 67.4 Å². The molecule has 5 nitrogen and oxygen atoms in total. The molecule has 0 fully saturated rings. The van der Waals surface area contributed by atoms with E-state index in [9.17, 15) is 9.59 Å². The van der Waals surface area contributed by atoms with Gasteiger partial charge < -0.3 is 4.74 Å². The third-order valence-electron chi connectivity index (χ3n) is 2.93. The number of amides is 2. The lowest BCUT2D eigenvalue weighted by molar-refractivity contribution is -0.121. The van der Waals surface area contributed by atoms with Gasteiger partial charge in [0, 0.05) is 10.9 Å². The van der Waals surface area contributed by atoms with Gasteiger partial charge in [-0.15, -0.1) is 0 Å². The summed E-state index contributed by atoms with van der Waals surface area (Å²) in [7, 11) is 0. The van der Waals surface area contributed by atoms with Crippen molar-refractivity contribution < 1.29 is 14.3 Å². The van der Waals surface area contributed by atoms with Crippen molar-refractivity contribution in [1.82, 2.24) is 10.9 Å². The Morgan fingerprint density at radius 2 is 2.00 bits per heavy atom. The minimum atomic E-state index is -0.398. The fourth-order valence-electron chi connectivity index (χ4n) is 1.69. The van der Waals surface area contributed by atoms with Crippen LogP contribution in [0.2, 0.25) is 0 Å². The molecule has 2 amide bonds. The molecule has 0 saturated heterocycles. The van der Waals surface area contributed by atoms with Crippen molar-refractivity contribution in [2.75, 3.05) is 6.61 Å². The fraction of sp³-hybridized carbons (Fsp3) is 0.500. The monoisotopic (exact) mass is 370 g/mol. The number of ether oxygens (including phenoxy) is 1. The van der Waals surface area contributed by atoms with Crippen LogP contribution in [0.5, 0.6) is 5.75 Å².